The summed E-state index contributed by atoms with van der Waals surface area (Å²) in [5.74, 6) is 0.230. The Morgan fingerprint density at radius 2 is 2.18 bits per heavy atom. The standard InChI is InChI=1S/C14H22FNO/c1-16-11-13(6-3-4-9-17-2)12-7-5-8-14(15)10-12/h5,7-8,10,13,16H,3-4,6,9,11H2,1-2H3. The van der Waals surface area contributed by atoms with Gasteiger partial charge in [-0.2, -0.15) is 0 Å². The molecule has 1 aromatic rings. The van der Waals surface area contributed by atoms with Crippen LogP contribution in [0.15, 0.2) is 24.3 Å². The van der Waals surface area contributed by atoms with E-state index in [2.05, 4.69) is 5.32 Å². The van der Waals surface area contributed by atoms with Gasteiger partial charge in [0.25, 0.3) is 0 Å². The predicted octanol–water partition coefficient (Wildman–Crippen LogP) is 2.95. The Hall–Kier alpha value is -0.930. The van der Waals surface area contributed by atoms with Crippen molar-refractivity contribution in [1.29, 1.82) is 0 Å². The number of nitrogens with one attached hydrogen (secondary N) is 1. The van der Waals surface area contributed by atoms with Crippen LogP contribution < -0.4 is 5.32 Å². The van der Waals surface area contributed by atoms with Crippen molar-refractivity contribution in [1.82, 2.24) is 5.32 Å². The molecule has 2 nitrogen and oxygen atoms in total. The molecular weight excluding hydrogens is 217 g/mol. The number of benzene rings is 1. The summed E-state index contributed by atoms with van der Waals surface area (Å²) in [5, 5.41) is 3.17. The minimum absolute atomic E-state index is 0.152. The Bertz CT molecular complexity index is 317. The predicted molar refractivity (Wildman–Crippen MR) is 68.8 cm³/mol. The van der Waals surface area contributed by atoms with E-state index >= 15 is 0 Å². The number of hydrogen-bond acceptors (Lipinski definition) is 2. The fraction of sp³-hybridized carbons (Fsp3) is 0.571. The molecule has 1 atom stereocenters. The minimum Gasteiger partial charge on any atom is -0.385 e. The van der Waals surface area contributed by atoms with E-state index < -0.39 is 0 Å². The molecule has 0 saturated heterocycles. The van der Waals surface area contributed by atoms with Crippen molar-refractivity contribution in [3.63, 3.8) is 0 Å². The number of hydrogen-bond donors (Lipinski definition) is 1. The monoisotopic (exact) mass is 239 g/mol. The fourth-order valence-corrected chi connectivity index (χ4v) is 2.03. The number of unbranched alkanes of at least 4 members (excludes halogenated alkanes) is 1. The van der Waals surface area contributed by atoms with E-state index in [0.29, 0.717) is 5.92 Å². The zero-order chi connectivity index (χ0) is 12.5. The highest BCUT2D eigenvalue weighted by molar-refractivity contribution is 5.21. The van der Waals surface area contributed by atoms with Gasteiger partial charge in [0.05, 0.1) is 0 Å². The molecule has 0 saturated carbocycles. The average molecular weight is 239 g/mol. The van der Waals surface area contributed by atoms with Crippen LogP contribution in [-0.2, 0) is 4.74 Å². The van der Waals surface area contributed by atoms with Crippen molar-refractivity contribution >= 4 is 0 Å². The number of methoxy groups -OCH3 is 1. The van der Waals surface area contributed by atoms with E-state index in [0.717, 1.165) is 38.0 Å². The van der Waals surface area contributed by atoms with E-state index in [1.54, 1.807) is 19.2 Å². The summed E-state index contributed by atoms with van der Waals surface area (Å²) in [5.41, 5.74) is 1.08. The topological polar surface area (TPSA) is 21.3 Å². The van der Waals surface area contributed by atoms with Crippen molar-refractivity contribution in [3.8, 4) is 0 Å². The molecule has 0 spiro atoms. The van der Waals surface area contributed by atoms with Crippen LogP contribution >= 0.6 is 0 Å². The maximum Gasteiger partial charge on any atom is 0.123 e. The Labute approximate surface area is 103 Å². The third-order valence-corrected chi connectivity index (χ3v) is 2.92. The highest BCUT2D eigenvalue weighted by Gasteiger charge is 2.10. The molecule has 17 heavy (non-hydrogen) atoms. The number of likely N-dealkylation sites (N-methyl/N-ethyl adjacent to an activating group) is 1. The summed E-state index contributed by atoms with van der Waals surface area (Å²) in [6, 6.07) is 6.91. The maximum absolute atomic E-state index is 13.2. The van der Waals surface area contributed by atoms with Gasteiger partial charge >= 0.3 is 0 Å². The lowest BCUT2D eigenvalue weighted by Crippen LogP contribution is -2.17. The summed E-state index contributed by atoms with van der Waals surface area (Å²) < 4.78 is 18.2. The Balaban J connectivity index is 2.52. The van der Waals surface area contributed by atoms with E-state index in [4.69, 9.17) is 4.74 Å². The van der Waals surface area contributed by atoms with Crippen molar-refractivity contribution in [2.24, 2.45) is 0 Å². The lowest BCUT2D eigenvalue weighted by Gasteiger charge is -2.17. The smallest absolute Gasteiger partial charge is 0.123 e. The van der Waals surface area contributed by atoms with Crippen LogP contribution in [0.1, 0.15) is 30.7 Å². The summed E-state index contributed by atoms with van der Waals surface area (Å²) in [7, 11) is 3.65. The highest BCUT2D eigenvalue weighted by Crippen LogP contribution is 2.22. The van der Waals surface area contributed by atoms with Gasteiger partial charge in [0.15, 0.2) is 0 Å². The van der Waals surface area contributed by atoms with Crippen LogP contribution in [0, 0.1) is 5.82 Å². The molecule has 96 valence electrons. The SMILES string of the molecule is CNCC(CCCCOC)c1cccc(F)c1. The summed E-state index contributed by atoms with van der Waals surface area (Å²) in [6.07, 6.45) is 3.23. The third kappa shape index (κ3) is 5.29. The number of rotatable bonds is 8. The summed E-state index contributed by atoms with van der Waals surface area (Å²) in [6.45, 7) is 1.69. The van der Waals surface area contributed by atoms with E-state index in [1.165, 1.54) is 6.07 Å². The van der Waals surface area contributed by atoms with Crippen LogP contribution in [0.5, 0.6) is 0 Å². The molecular formula is C14H22FNO. The molecule has 0 aliphatic carbocycles. The molecule has 0 bridgehead atoms. The first-order valence-corrected chi connectivity index (χ1v) is 6.17. The van der Waals surface area contributed by atoms with Gasteiger partial charge in [-0.1, -0.05) is 18.6 Å². The van der Waals surface area contributed by atoms with Gasteiger partial charge in [-0.15, -0.1) is 0 Å². The van der Waals surface area contributed by atoms with Crippen molar-refractivity contribution in [2.45, 2.75) is 25.2 Å². The van der Waals surface area contributed by atoms with Crippen molar-refractivity contribution < 1.29 is 9.13 Å². The van der Waals surface area contributed by atoms with Gasteiger partial charge in [-0.3, -0.25) is 0 Å². The van der Waals surface area contributed by atoms with Crippen LogP contribution in [0.25, 0.3) is 0 Å². The summed E-state index contributed by atoms with van der Waals surface area (Å²) >= 11 is 0. The fourth-order valence-electron chi connectivity index (χ4n) is 2.03. The zero-order valence-corrected chi connectivity index (χ0v) is 10.7. The molecule has 0 aromatic heterocycles. The molecule has 0 radical (unpaired) electrons. The van der Waals surface area contributed by atoms with E-state index in [1.807, 2.05) is 13.1 Å². The lowest BCUT2D eigenvalue weighted by atomic mass is 9.93. The van der Waals surface area contributed by atoms with Gasteiger partial charge in [-0.25, -0.2) is 4.39 Å². The van der Waals surface area contributed by atoms with E-state index in [9.17, 15) is 4.39 Å². The van der Waals surface area contributed by atoms with Crippen molar-refractivity contribution in [2.75, 3.05) is 27.3 Å². The zero-order valence-electron chi connectivity index (χ0n) is 10.7. The van der Waals surface area contributed by atoms with Crippen LogP contribution in [0.4, 0.5) is 4.39 Å². The molecule has 0 aliphatic rings. The van der Waals surface area contributed by atoms with Gasteiger partial charge in [0, 0.05) is 20.3 Å². The van der Waals surface area contributed by atoms with E-state index in [-0.39, 0.29) is 5.82 Å². The molecule has 1 aromatic carbocycles. The van der Waals surface area contributed by atoms with Gasteiger partial charge < -0.3 is 10.1 Å². The van der Waals surface area contributed by atoms with Crippen LogP contribution in [0.3, 0.4) is 0 Å². The normalized spacial score (nSPS) is 12.6. The highest BCUT2D eigenvalue weighted by atomic mass is 19.1. The van der Waals surface area contributed by atoms with Gasteiger partial charge in [0.1, 0.15) is 5.82 Å². The molecule has 1 N–H and O–H groups in total. The minimum atomic E-state index is -0.152. The molecule has 0 heterocycles. The lowest BCUT2D eigenvalue weighted by molar-refractivity contribution is 0.191. The van der Waals surface area contributed by atoms with Crippen molar-refractivity contribution in [3.05, 3.63) is 35.6 Å². The van der Waals surface area contributed by atoms with Crippen LogP contribution in [0.2, 0.25) is 0 Å². The molecule has 0 amide bonds. The first-order chi connectivity index (χ1) is 8.27. The second-order valence-electron chi connectivity index (χ2n) is 4.30. The second kappa shape index (κ2) is 8.20. The first-order valence-electron chi connectivity index (χ1n) is 6.17. The number of halogens is 1. The molecule has 0 aliphatic heterocycles. The second-order valence-corrected chi connectivity index (χ2v) is 4.30. The Morgan fingerprint density at radius 1 is 1.35 bits per heavy atom. The molecule has 0 fully saturated rings. The molecule has 3 heteroatoms. The largest absolute Gasteiger partial charge is 0.385 e. The maximum atomic E-state index is 13.2. The first kappa shape index (κ1) is 14.1. The Kier molecular flexibility index (Phi) is 6.82. The van der Waals surface area contributed by atoms with Gasteiger partial charge in [0.2, 0.25) is 0 Å². The molecule has 1 unspecified atom stereocenters. The summed E-state index contributed by atoms with van der Waals surface area (Å²) in [4.78, 5) is 0. The average Bonchev–Trinajstić information content (AvgIpc) is 2.33. The number of ether oxygens (including phenoxy) is 1. The quantitative estimate of drug-likeness (QED) is 0.704. The molecule has 1 rings (SSSR count). The van der Waals surface area contributed by atoms with Gasteiger partial charge in [-0.05, 0) is 43.5 Å². The Morgan fingerprint density at radius 3 is 2.82 bits per heavy atom. The van der Waals surface area contributed by atoms with Crippen LogP contribution in [-0.4, -0.2) is 27.3 Å². The third-order valence-electron chi connectivity index (χ3n) is 2.92.